The number of benzene rings is 2. The van der Waals surface area contributed by atoms with Crippen LogP contribution in [0.15, 0.2) is 42.5 Å². The Morgan fingerprint density at radius 1 is 1.07 bits per heavy atom. The van der Waals surface area contributed by atoms with Crippen LogP contribution in [-0.4, -0.2) is 53.5 Å². The largest absolute Gasteiger partial charge is 0.481 e. The highest BCUT2D eigenvalue weighted by Gasteiger charge is 2.32. The van der Waals surface area contributed by atoms with E-state index in [1.807, 2.05) is 63.2 Å². The van der Waals surface area contributed by atoms with Crippen molar-refractivity contribution in [3.05, 3.63) is 48.0 Å². The second-order valence-corrected chi connectivity index (χ2v) is 6.83. The van der Waals surface area contributed by atoms with Gasteiger partial charge in [0.1, 0.15) is 0 Å². The lowest BCUT2D eigenvalue weighted by Gasteiger charge is -2.35. The minimum absolute atomic E-state index is 0.269. The van der Waals surface area contributed by atoms with Crippen molar-refractivity contribution in [1.29, 1.82) is 0 Å². The summed E-state index contributed by atoms with van der Waals surface area (Å²) in [5, 5.41) is 11.1. The lowest BCUT2D eigenvalue weighted by molar-refractivity contribution is -0.179. The predicted molar refractivity (Wildman–Crippen MR) is 111 cm³/mol. The van der Waals surface area contributed by atoms with Crippen molar-refractivity contribution in [1.82, 2.24) is 4.90 Å². The maximum absolute atomic E-state index is 13.1. The summed E-state index contributed by atoms with van der Waals surface area (Å²) in [6.45, 7) is 6.65. The number of hydrogen-bond donors (Lipinski definition) is 2. The Labute approximate surface area is 171 Å². The number of amides is 1. The fourth-order valence-corrected chi connectivity index (χ4v) is 3.33. The van der Waals surface area contributed by atoms with Gasteiger partial charge in [-0.2, -0.15) is 0 Å². The lowest BCUT2D eigenvalue weighted by atomic mass is 10.0. The van der Waals surface area contributed by atoms with Gasteiger partial charge in [0.25, 0.3) is 0 Å². The molecule has 7 nitrogen and oxygen atoms in total. The summed E-state index contributed by atoms with van der Waals surface area (Å²) >= 11 is 0. The van der Waals surface area contributed by atoms with E-state index in [1.54, 1.807) is 4.90 Å². The van der Waals surface area contributed by atoms with Crippen LogP contribution in [-0.2, 0) is 25.6 Å². The molecule has 2 aromatic rings. The quantitative estimate of drug-likeness (QED) is 0.561. The fourth-order valence-electron chi connectivity index (χ4n) is 3.33. The summed E-state index contributed by atoms with van der Waals surface area (Å²) in [7, 11) is 0. The summed E-state index contributed by atoms with van der Waals surface area (Å²) in [4.78, 5) is 25.7. The number of carbonyl (C=O) groups is 2. The molecule has 29 heavy (non-hydrogen) atoms. The number of fused-ring (bicyclic) bond motifs is 1. The summed E-state index contributed by atoms with van der Waals surface area (Å²) in [5.74, 6) is -1.56. The van der Waals surface area contributed by atoms with Gasteiger partial charge in [0.2, 0.25) is 5.91 Å². The number of carboxylic acid groups (broad SMARTS) is 1. The van der Waals surface area contributed by atoms with Crippen LogP contribution >= 0.6 is 0 Å². The van der Waals surface area contributed by atoms with Crippen LogP contribution in [0.5, 0.6) is 0 Å². The van der Waals surface area contributed by atoms with Crippen molar-refractivity contribution in [3.8, 4) is 0 Å². The zero-order chi connectivity index (χ0) is 21.4. The second kappa shape index (κ2) is 10.9. The highest BCUT2D eigenvalue weighted by molar-refractivity contribution is 5.88. The van der Waals surface area contributed by atoms with E-state index < -0.39 is 36.7 Å². The molecule has 0 bridgehead atoms. The molecule has 2 unspecified atom stereocenters. The maximum Gasteiger partial charge on any atom is 0.305 e. The summed E-state index contributed by atoms with van der Waals surface area (Å²) < 4.78 is 11.4. The van der Waals surface area contributed by atoms with Gasteiger partial charge in [-0.1, -0.05) is 42.5 Å². The predicted octanol–water partition coefficient (Wildman–Crippen LogP) is 2.76. The van der Waals surface area contributed by atoms with Crippen LogP contribution in [0.2, 0.25) is 0 Å². The molecule has 0 fully saturated rings. The molecule has 0 radical (unpaired) electrons. The number of hydrogen-bond acceptors (Lipinski definition) is 5. The molecule has 7 heteroatoms. The fraction of sp³-hybridized carbons (Fsp3) is 0.455. The molecule has 0 saturated carbocycles. The van der Waals surface area contributed by atoms with E-state index in [4.69, 9.17) is 20.3 Å². The Balaban J connectivity index is 2.39. The van der Waals surface area contributed by atoms with E-state index in [0.717, 1.165) is 16.3 Å². The number of ether oxygens (including phenoxy) is 2. The van der Waals surface area contributed by atoms with E-state index in [-0.39, 0.29) is 6.54 Å². The molecule has 158 valence electrons. The van der Waals surface area contributed by atoms with Crippen molar-refractivity contribution in [3.63, 3.8) is 0 Å². The standard InChI is InChI=1S/C22H30N2O5/c1-4-28-22(29-5-2)15(3)24(21(27)19(23)13-20(25)26)14-17-11-8-10-16-9-6-7-12-18(16)17/h6-12,15,19,22H,4-5,13-14,23H2,1-3H3,(H,25,26). The topological polar surface area (TPSA) is 102 Å². The highest BCUT2D eigenvalue weighted by Crippen LogP contribution is 2.23. The Kier molecular flexibility index (Phi) is 8.57. The molecule has 0 aliphatic rings. The molecule has 0 aliphatic heterocycles. The van der Waals surface area contributed by atoms with Gasteiger partial charge in [-0.05, 0) is 37.1 Å². The van der Waals surface area contributed by atoms with Crippen molar-refractivity contribution in [2.75, 3.05) is 13.2 Å². The van der Waals surface area contributed by atoms with Crippen LogP contribution in [0.4, 0.5) is 0 Å². The van der Waals surface area contributed by atoms with Crippen LogP contribution in [0, 0.1) is 0 Å². The van der Waals surface area contributed by atoms with Crippen molar-refractivity contribution in [2.45, 2.75) is 52.1 Å². The first-order valence-electron chi connectivity index (χ1n) is 9.86. The van der Waals surface area contributed by atoms with E-state index in [2.05, 4.69) is 0 Å². The van der Waals surface area contributed by atoms with Crippen LogP contribution in [0.25, 0.3) is 10.8 Å². The first-order valence-corrected chi connectivity index (χ1v) is 9.86. The highest BCUT2D eigenvalue weighted by atomic mass is 16.7. The molecule has 1 amide bonds. The number of rotatable bonds is 11. The minimum Gasteiger partial charge on any atom is -0.481 e. The zero-order valence-corrected chi connectivity index (χ0v) is 17.2. The molecule has 0 spiro atoms. The Bertz CT molecular complexity index is 814. The third kappa shape index (κ3) is 6.00. The summed E-state index contributed by atoms with van der Waals surface area (Å²) in [6, 6.07) is 12.2. The Hall–Kier alpha value is -2.48. The molecule has 0 aliphatic carbocycles. The zero-order valence-electron chi connectivity index (χ0n) is 17.2. The molecule has 0 aromatic heterocycles. The van der Waals surface area contributed by atoms with Gasteiger partial charge in [-0.25, -0.2) is 0 Å². The average Bonchev–Trinajstić information content (AvgIpc) is 2.70. The first kappa shape index (κ1) is 22.8. The molecule has 0 saturated heterocycles. The van der Waals surface area contributed by atoms with E-state index >= 15 is 0 Å². The molecule has 2 atom stereocenters. The van der Waals surface area contributed by atoms with Crippen LogP contribution < -0.4 is 5.73 Å². The SMILES string of the molecule is CCOC(OCC)C(C)N(Cc1cccc2ccccc12)C(=O)C(N)CC(=O)O. The van der Waals surface area contributed by atoms with Gasteiger partial charge >= 0.3 is 5.97 Å². The number of aliphatic carboxylic acids is 1. The number of carbonyl (C=O) groups excluding carboxylic acids is 1. The van der Waals surface area contributed by atoms with Crippen LogP contribution in [0.1, 0.15) is 32.8 Å². The van der Waals surface area contributed by atoms with E-state index in [1.165, 1.54) is 0 Å². The van der Waals surface area contributed by atoms with Crippen molar-refractivity contribution < 1.29 is 24.2 Å². The summed E-state index contributed by atoms with van der Waals surface area (Å²) in [6.07, 6.45) is -1.08. The molecule has 2 rings (SSSR count). The molecule has 2 aromatic carbocycles. The summed E-state index contributed by atoms with van der Waals surface area (Å²) in [5.41, 5.74) is 6.86. The number of nitrogens with zero attached hydrogens (tertiary/aromatic N) is 1. The number of carboxylic acids is 1. The third-order valence-electron chi connectivity index (χ3n) is 4.76. The van der Waals surface area contributed by atoms with Gasteiger partial charge in [0, 0.05) is 19.8 Å². The monoisotopic (exact) mass is 402 g/mol. The molecule has 3 N–H and O–H groups in total. The first-order chi connectivity index (χ1) is 13.9. The Morgan fingerprint density at radius 2 is 1.69 bits per heavy atom. The van der Waals surface area contributed by atoms with Crippen LogP contribution in [0.3, 0.4) is 0 Å². The maximum atomic E-state index is 13.1. The smallest absolute Gasteiger partial charge is 0.305 e. The Morgan fingerprint density at radius 3 is 2.31 bits per heavy atom. The molecular formula is C22H30N2O5. The normalized spacial score (nSPS) is 13.4. The van der Waals surface area contributed by atoms with Gasteiger partial charge in [0.05, 0.1) is 18.5 Å². The number of nitrogens with two attached hydrogens (primary N) is 1. The van der Waals surface area contributed by atoms with Gasteiger partial charge in [-0.15, -0.1) is 0 Å². The van der Waals surface area contributed by atoms with Crippen molar-refractivity contribution in [2.24, 2.45) is 5.73 Å². The molecule has 0 heterocycles. The van der Waals surface area contributed by atoms with Gasteiger partial charge in [-0.3, -0.25) is 9.59 Å². The average molecular weight is 402 g/mol. The lowest BCUT2D eigenvalue weighted by Crippen LogP contribution is -2.52. The van der Waals surface area contributed by atoms with Gasteiger partial charge < -0.3 is 25.2 Å². The van der Waals surface area contributed by atoms with Crippen molar-refractivity contribution >= 4 is 22.6 Å². The van der Waals surface area contributed by atoms with E-state index in [9.17, 15) is 9.59 Å². The van der Waals surface area contributed by atoms with Gasteiger partial charge in [0.15, 0.2) is 6.29 Å². The second-order valence-electron chi connectivity index (χ2n) is 6.83. The third-order valence-corrected chi connectivity index (χ3v) is 4.76. The molecular weight excluding hydrogens is 372 g/mol. The minimum atomic E-state index is -1.14. The van der Waals surface area contributed by atoms with E-state index in [0.29, 0.717) is 13.2 Å².